The second kappa shape index (κ2) is 6.01. The van der Waals surface area contributed by atoms with Crippen molar-refractivity contribution in [1.82, 2.24) is 4.98 Å². The van der Waals surface area contributed by atoms with Crippen LogP contribution >= 0.6 is 0 Å². The molecule has 5 heteroatoms. The van der Waals surface area contributed by atoms with Gasteiger partial charge in [-0.3, -0.25) is 0 Å². The molecule has 1 aromatic carbocycles. The summed E-state index contributed by atoms with van der Waals surface area (Å²) in [7, 11) is 1.60. The number of hydrogen-bond acceptors (Lipinski definition) is 5. The van der Waals surface area contributed by atoms with Gasteiger partial charge in [0.15, 0.2) is 0 Å². The van der Waals surface area contributed by atoms with Gasteiger partial charge in [-0.15, -0.1) is 0 Å². The van der Waals surface area contributed by atoms with Crippen molar-refractivity contribution in [3.8, 4) is 17.0 Å². The van der Waals surface area contributed by atoms with Crippen LogP contribution in [0.25, 0.3) is 11.1 Å². The lowest BCUT2D eigenvalue weighted by Gasteiger charge is -2.29. The van der Waals surface area contributed by atoms with Crippen molar-refractivity contribution in [2.45, 2.75) is 0 Å². The third-order valence-electron chi connectivity index (χ3n) is 3.67. The number of benzene rings is 1. The highest BCUT2D eigenvalue weighted by Gasteiger charge is 2.13. The smallest absolute Gasteiger partial charge is 0.212 e. The van der Waals surface area contributed by atoms with Crippen LogP contribution in [-0.2, 0) is 4.74 Å². The van der Waals surface area contributed by atoms with Gasteiger partial charge in [-0.05, 0) is 18.2 Å². The van der Waals surface area contributed by atoms with Crippen molar-refractivity contribution in [1.29, 1.82) is 0 Å². The molecule has 3 rings (SSSR count). The van der Waals surface area contributed by atoms with E-state index in [2.05, 4.69) is 16.0 Å². The number of ether oxygens (including phenoxy) is 2. The Labute approximate surface area is 124 Å². The lowest BCUT2D eigenvalue weighted by Crippen LogP contribution is -2.36. The van der Waals surface area contributed by atoms with E-state index in [-0.39, 0.29) is 0 Å². The average molecular weight is 285 g/mol. The van der Waals surface area contributed by atoms with Crippen molar-refractivity contribution in [3.63, 3.8) is 0 Å². The van der Waals surface area contributed by atoms with Crippen molar-refractivity contribution in [3.05, 3.63) is 36.5 Å². The first-order chi connectivity index (χ1) is 10.3. The highest BCUT2D eigenvalue weighted by atomic mass is 16.5. The van der Waals surface area contributed by atoms with E-state index < -0.39 is 0 Å². The summed E-state index contributed by atoms with van der Waals surface area (Å²) in [5.74, 6) is 0.599. The topological polar surface area (TPSA) is 60.6 Å². The molecule has 21 heavy (non-hydrogen) atoms. The van der Waals surface area contributed by atoms with E-state index in [1.165, 1.54) is 0 Å². The third kappa shape index (κ3) is 2.92. The van der Waals surface area contributed by atoms with E-state index in [4.69, 9.17) is 15.2 Å². The van der Waals surface area contributed by atoms with Crippen molar-refractivity contribution in [2.24, 2.45) is 0 Å². The SMILES string of the molecule is COc1ccc(-c2ccc(N3CCOCC3)cc2N)cn1. The summed E-state index contributed by atoms with van der Waals surface area (Å²) in [6, 6.07) is 9.96. The molecular formula is C16H19N3O2. The summed E-state index contributed by atoms with van der Waals surface area (Å²) in [6.07, 6.45) is 1.78. The number of pyridine rings is 1. The van der Waals surface area contributed by atoms with Crippen molar-refractivity contribution < 1.29 is 9.47 Å². The monoisotopic (exact) mass is 285 g/mol. The second-order valence-corrected chi connectivity index (χ2v) is 4.96. The van der Waals surface area contributed by atoms with Crippen LogP contribution in [0.5, 0.6) is 5.88 Å². The maximum atomic E-state index is 6.21. The standard InChI is InChI=1S/C16H19N3O2/c1-20-16-5-2-12(11-18-16)14-4-3-13(10-15(14)17)19-6-8-21-9-7-19/h2-5,10-11H,6-9,17H2,1H3. The minimum Gasteiger partial charge on any atom is -0.481 e. The molecule has 1 fully saturated rings. The number of rotatable bonds is 3. The molecule has 110 valence electrons. The Morgan fingerprint density at radius 3 is 2.62 bits per heavy atom. The van der Waals surface area contributed by atoms with E-state index in [9.17, 15) is 0 Å². The molecular weight excluding hydrogens is 266 g/mol. The molecule has 0 amide bonds. The van der Waals surface area contributed by atoms with E-state index in [0.717, 1.165) is 48.8 Å². The molecule has 1 aliphatic rings. The number of anilines is 2. The van der Waals surface area contributed by atoms with Crippen LogP contribution in [0, 0.1) is 0 Å². The van der Waals surface area contributed by atoms with Gasteiger partial charge < -0.3 is 20.1 Å². The normalized spacial score (nSPS) is 15.0. The summed E-state index contributed by atoms with van der Waals surface area (Å²) in [5, 5.41) is 0. The predicted molar refractivity (Wildman–Crippen MR) is 83.7 cm³/mol. The van der Waals surface area contributed by atoms with Crippen LogP contribution in [0.1, 0.15) is 0 Å². The minimum absolute atomic E-state index is 0.599. The van der Waals surface area contributed by atoms with Crippen LogP contribution in [0.4, 0.5) is 11.4 Å². The fourth-order valence-electron chi connectivity index (χ4n) is 2.49. The molecule has 0 bridgehead atoms. The van der Waals surface area contributed by atoms with Gasteiger partial charge in [-0.2, -0.15) is 0 Å². The van der Waals surface area contributed by atoms with Gasteiger partial charge in [-0.25, -0.2) is 4.98 Å². The second-order valence-electron chi connectivity index (χ2n) is 4.96. The van der Waals surface area contributed by atoms with Gasteiger partial charge in [0.1, 0.15) is 0 Å². The van der Waals surface area contributed by atoms with Crippen LogP contribution in [0.2, 0.25) is 0 Å². The predicted octanol–water partition coefficient (Wildman–Crippen LogP) is 2.18. The Morgan fingerprint density at radius 1 is 1.19 bits per heavy atom. The van der Waals surface area contributed by atoms with Gasteiger partial charge in [0.25, 0.3) is 0 Å². The number of aromatic nitrogens is 1. The summed E-state index contributed by atoms with van der Waals surface area (Å²) < 4.78 is 10.4. The van der Waals surface area contributed by atoms with Crippen LogP contribution < -0.4 is 15.4 Å². The molecule has 0 unspecified atom stereocenters. The number of nitrogens with two attached hydrogens (primary N) is 1. The fraction of sp³-hybridized carbons (Fsp3) is 0.312. The molecule has 0 radical (unpaired) electrons. The van der Waals surface area contributed by atoms with Gasteiger partial charge in [0, 0.05) is 47.9 Å². The van der Waals surface area contributed by atoms with Crippen LogP contribution in [0.15, 0.2) is 36.5 Å². The van der Waals surface area contributed by atoms with E-state index in [0.29, 0.717) is 5.88 Å². The third-order valence-corrected chi connectivity index (χ3v) is 3.67. The van der Waals surface area contributed by atoms with Crippen molar-refractivity contribution >= 4 is 11.4 Å². The highest BCUT2D eigenvalue weighted by Crippen LogP contribution is 2.30. The maximum absolute atomic E-state index is 6.21. The summed E-state index contributed by atoms with van der Waals surface area (Å²) >= 11 is 0. The summed E-state index contributed by atoms with van der Waals surface area (Å²) in [6.45, 7) is 3.35. The first-order valence-electron chi connectivity index (χ1n) is 7.00. The largest absolute Gasteiger partial charge is 0.481 e. The molecule has 1 aliphatic heterocycles. The van der Waals surface area contributed by atoms with Crippen LogP contribution in [0.3, 0.4) is 0 Å². The molecule has 0 saturated carbocycles. The fourth-order valence-corrected chi connectivity index (χ4v) is 2.49. The molecule has 0 spiro atoms. The van der Waals surface area contributed by atoms with Crippen LogP contribution in [-0.4, -0.2) is 38.4 Å². The van der Waals surface area contributed by atoms with Gasteiger partial charge in [-0.1, -0.05) is 6.07 Å². The Bertz CT molecular complexity index is 607. The zero-order valence-electron chi connectivity index (χ0n) is 12.1. The Kier molecular flexibility index (Phi) is 3.92. The van der Waals surface area contributed by atoms with Gasteiger partial charge in [0.05, 0.1) is 20.3 Å². The highest BCUT2D eigenvalue weighted by molar-refractivity contribution is 5.79. The molecule has 0 aliphatic carbocycles. The van der Waals surface area contributed by atoms with E-state index in [1.54, 1.807) is 13.3 Å². The van der Waals surface area contributed by atoms with Crippen molar-refractivity contribution in [2.75, 3.05) is 44.0 Å². The number of methoxy groups -OCH3 is 1. The van der Waals surface area contributed by atoms with E-state index in [1.807, 2.05) is 24.3 Å². The van der Waals surface area contributed by atoms with E-state index >= 15 is 0 Å². The van der Waals surface area contributed by atoms with Gasteiger partial charge in [0.2, 0.25) is 5.88 Å². The number of hydrogen-bond donors (Lipinski definition) is 1. The zero-order valence-corrected chi connectivity index (χ0v) is 12.1. The molecule has 2 N–H and O–H groups in total. The number of morpholine rings is 1. The molecule has 2 heterocycles. The summed E-state index contributed by atoms with van der Waals surface area (Å²) in [5.41, 5.74) is 10.1. The van der Waals surface area contributed by atoms with Gasteiger partial charge >= 0.3 is 0 Å². The lowest BCUT2D eigenvalue weighted by molar-refractivity contribution is 0.122. The number of nitrogens with zero attached hydrogens (tertiary/aromatic N) is 2. The Morgan fingerprint density at radius 2 is 2.00 bits per heavy atom. The summed E-state index contributed by atoms with van der Waals surface area (Å²) in [4.78, 5) is 6.51. The Hall–Kier alpha value is -2.27. The molecule has 0 atom stereocenters. The first-order valence-corrected chi connectivity index (χ1v) is 7.00. The molecule has 5 nitrogen and oxygen atoms in total. The Balaban J connectivity index is 1.86. The number of nitrogen functional groups attached to an aromatic ring is 1. The molecule has 1 aromatic heterocycles. The maximum Gasteiger partial charge on any atom is 0.212 e. The lowest BCUT2D eigenvalue weighted by atomic mass is 10.0. The molecule has 1 saturated heterocycles. The average Bonchev–Trinajstić information content (AvgIpc) is 2.56. The first kappa shape index (κ1) is 13.7. The molecule has 2 aromatic rings. The zero-order chi connectivity index (χ0) is 14.7. The quantitative estimate of drug-likeness (QED) is 0.876. The minimum atomic E-state index is 0.599.